The third-order valence-corrected chi connectivity index (χ3v) is 8.74. The SMILES string of the molecule is Cc1ccc(Nc2c(C)c(=O)oc3c(-c4cccc(NS(=O)C5CC5)c4)c(C)n(C4CC4)c(=O)c23)c(F)c1. The number of benzene rings is 2. The summed E-state index contributed by atoms with van der Waals surface area (Å²) in [6.45, 7) is 5.21. The fourth-order valence-corrected chi connectivity index (χ4v) is 6.00. The van der Waals surface area contributed by atoms with Crippen molar-refractivity contribution < 1.29 is 13.0 Å². The molecule has 2 aromatic heterocycles. The van der Waals surface area contributed by atoms with Crippen LogP contribution in [-0.2, 0) is 11.0 Å². The predicted octanol–water partition coefficient (Wildman–Crippen LogP) is 6.00. The Hall–Kier alpha value is -3.72. The number of aryl methyl sites for hydroxylation is 1. The first-order valence-electron chi connectivity index (χ1n) is 12.8. The van der Waals surface area contributed by atoms with Crippen molar-refractivity contribution in [3.8, 4) is 11.1 Å². The Kier molecular flexibility index (Phi) is 5.98. The summed E-state index contributed by atoms with van der Waals surface area (Å²) >= 11 is 0. The molecule has 6 rings (SSSR count). The Balaban J connectivity index is 1.60. The summed E-state index contributed by atoms with van der Waals surface area (Å²) in [5.74, 6) is -0.483. The van der Waals surface area contributed by atoms with Crippen molar-refractivity contribution in [1.29, 1.82) is 0 Å². The molecule has 2 aliphatic rings. The van der Waals surface area contributed by atoms with E-state index in [4.69, 9.17) is 4.42 Å². The highest BCUT2D eigenvalue weighted by Gasteiger charge is 2.32. The quantitative estimate of drug-likeness (QED) is 0.304. The van der Waals surface area contributed by atoms with Crippen molar-refractivity contribution in [3.05, 3.63) is 85.9 Å². The molecular weight excluding hydrogens is 505 g/mol. The van der Waals surface area contributed by atoms with Crippen LogP contribution < -0.4 is 21.2 Å². The van der Waals surface area contributed by atoms with Gasteiger partial charge >= 0.3 is 5.63 Å². The van der Waals surface area contributed by atoms with Gasteiger partial charge in [-0.1, -0.05) is 18.2 Å². The Morgan fingerprint density at radius 2 is 1.79 bits per heavy atom. The van der Waals surface area contributed by atoms with Crippen molar-refractivity contribution in [2.75, 3.05) is 10.0 Å². The number of rotatable bonds is 7. The van der Waals surface area contributed by atoms with Gasteiger partial charge in [-0.15, -0.1) is 0 Å². The van der Waals surface area contributed by atoms with Crippen LogP contribution in [0.1, 0.15) is 48.5 Å². The standard InChI is InChI=1S/C29H28FN3O4S/c1-15-7-12-23(22(30)13-15)31-26-16(2)29(35)37-27-24(17(3)33(20-8-9-20)28(34)25(26)27)18-5-4-6-19(14-18)32-38(36)21-10-11-21/h4-7,12-14,20-21,31-32H,8-11H2,1-3H3. The molecule has 7 nitrogen and oxygen atoms in total. The molecule has 0 saturated heterocycles. The molecule has 196 valence electrons. The Morgan fingerprint density at radius 1 is 1.03 bits per heavy atom. The Bertz CT molecular complexity index is 1750. The maximum atomic E-state index is 14.8. The summed E-state index contributed by atoms with van der Waals surface area (Å²) < 4.78 is 38.0. The first-order valence-corrected chi connectivity index (χ1v) is 14.0. The van der Waals surface area contributed by atoms with Crippen molar-refractivity contribution in [2.45, 2.75) is 57.7 Å². The lowest BCUT2D eigenvalue weighted by Gasteiger charge is -2.20. The molecule has 2 saturated carbocycles. The van der Waals surface area contributed by atoms with Crippen molar-refractivity contribution in [1.82, 2.24) is 4.57 Å². The zero-order valence-electron chi connectivity index (χ0n) is 21.4. The largest absolute Gasteiger partial charge is 0.421 e. The van der Waals surface area contributed by atoms with E-state index in [1.165, 1.54) is 6.07 Å². The summed E-state index contributed by atoms with van der Waals surface area (Å²) in [5.41, 5.74) is 3.31. The van der Waals surface area contributed by atoms with Crippen molar-refractivity contribution in [2.24, 2.45) is 0 Å². The van der Waals surface area contributed by atoms with Crippen LogP contribution >= 0.6 is 0 Å². The number of hydrogen-bond acceptors (Lipinski definition) is 5. The van der Waals surface area contributed by atoms with Crippen molar-refractivity contribution >= 4 is 39.0 Å². The van der Waals surface area contributed by atoms with Gasteiger partial charge in [-0.25, -0.2) is 13.4 Å². The maximum absolute atomic E-state index is 14.8. The molecule has 1 atom stereocenters. The number of nitrogens with one attached hydrogen (secondary N) is 2. The van der Waals surface area contributed by atoms with Gasteiger partial charge in [0, 0.05) is 23.0 Å². The Labute approximate surface area is 221 Å². The fourth-order valence-electron chi connectivity index (χ4n) is 4.91. The zero-order chi connectivity index (χ0) is 26.7. The third-order valence-electron chi connectivity index (χ3n) is 7.23. The number of nitrogens with zero attached hydrogens (tertiary/aromatic N) is 1. The first-order chi connectivity index (χ1) is 18.2. The minimum absolute atomic E-state index is 0.0468. The van der Waals surface area contributed by atoms with Crippen LogP contribution in [0.15, 0.2) is 56.5 Å². The van der Waals surface area contributed by atoms with E-state index in [0.29, 0.717) is 16.9 Å². The lowest BCUT2D eigenvalue weighted by Crippen LogP contribution is -2.25. The lowest BCUT2D eigenvalue weighted by atomic mass is 9.99. The van der Waals surface area contributed by atoms with Gasteiger partial charge in [0.2, 0.25) is 0 Å². The summed E-state index contributed by atoms with van der Waals surface area (Å²) in [6, 6.07) is 12.2. The molecule has 38 heavy (non-hydrogen) atoms. The van der Waals surface area contributed by atoms with Crippen LogP contribution in [-0.4, -0.2) is 14.0 Å². The molecule has 2 aliphatic carbocycles. The van der Waals surface area contributed by atoms with Crippen LogP contribution in [0.2, 0.25) is 0 Å². The molecule has 0 aliphatic heterocycles. The number of halogens is 1. The van der Waals surface area contributed by atoms with Gasteiger partial charge in [0.05, 0.1) is 22.2 Å². The van der Waals surface area contributed by atoms with E-state index in [9.17, 15) is 18.2 Å². The van der Waals surface area contributed by atoms with Gasteiger partial charge < -0.3 is 19.0 Å². The van der Waals surface area contributed by atoms with Gasteiger partial charge in [0.15, 0.2) is 5.58 Å². The van der Waals surface area contributed by atoms with Crippen LogP contribution in [0, 0.1) is 26.6 Å². The minimum Gasteiger partial charge on any atom is -0.421 e. The first kappa shape index (κ1) is 24.6. The molecule has 2 fully saturated rings. The topological polar surface area (TPSA) is 93.3 Å². The van der Waals surface area contributed by atoms with Gasteiger partial charge in [0.1, 0.15) is 22.2 Å². The molecule has 1 unspecified atom stereocenters. The highest BCUT2D eigenvalue weighted by Crippen LogP contribution is 2.41. The minimum atomic E-state index is -1.18. The second kappa shape index (κ2) is 9.23. The van der Waals surface area contributed by atoms with E-state index in [-0.39, 0.29) is 44.8 Å². The monoisotopic (exact) mass is 533 g/mol. The molecule has 4 aromatic rings. The summed E-state index contributed by atoms with van der Waals surface area (Å²) in [4.78, 5) is 27.0. The Morgan fingerprint density at radius 3 is 2.47 bits per heavy atom. The summed E-state index contributed by atoms with van der Waals surface area (Å²) in [5, 5.41) is 3.40. The fraction of sp³-hybridized carbons (Fsp3) is 0.310. The highest BCUT2D eigenvalue weighted by atomic mass is 32.2. The number of aromatic nitrogens is 1. The smallest absolute Gasteiger partial charge is 0.341 e. The van der Waals surface area contributed by atoms with Crippen LogP contribution in [0.25, 0.3) is 22.1 Å². The van der Waals surface area contributed by atoms with Gasteiger partial charge in [-0.3, -0.25) is 4.79 Å². The van der Waals surface area contributed by atoms with E-state index in [1.807, 2.05) is 31.2 Å². The molecule has 0 radical (unpaired) electrons. The zero-order valence-corrected chi connectivity index (χ0v) is 22.2. The van der Waals surface area contributed by atoms with Crippen LogP contribution in [0.3, 0.4) is 0 Å². The summed E-state index contributed by atoms with van der Waals surface area (Å²) in [6.07, 6.45) is 3.63. The number of anilines is 3. The number of fused-ring (bicyclic) bond motifs is 1. The normalized spacial score (nSPS) is 16.0. The second-order valence-corrected chi connectivity index (χ2v) is 11.7. The van der Waals surface area contributed by atoms with Crippen molar-refractivity contribution in [3.63, 3.8) is 0 Å². The van der Waals surface area contributed by atoms with Gasteiger partial charge in [-0.2, -0.15) is 0 Å². The molecule has 0 spiro atoms. The molecular formula is C29H28FN3O4S. The molecule has 9 heteroatoms. The molecule has 2 heterocycles. The van der Waals surface area contributed by atoms with E-state index in [1.54, 1.807) is 30.5 Å². The number of pyridine rings is 1. The number of hydrogen-bond donors (Lipinski definition) is 2. The van der Waals surface area contributed by atoms with E-state index in [2.05, 4.69) is 10.0 Å². The molecule has 2 N–H and O–H groups in total. The molecule has 0 bridgehead atoms. The third kappa shape index (κ3) is 4.34. The second-order valence-electron chi connectivity index (χ2n) is 10.2. The van der Waals surface area contributed by atoms with E-state index in [0.717, 1.165) is 36.8 Å². The average Bonchev–Trinajstić information content (AvgIpc) is 3.78. The predicted molar refractivity (Wildman–Crippen MR) is 149 cm³/mol. The van der Waals surface area contributed by atoms with Gasteiger partial charge in [0.25, 0.3) is 5.56 Å². The molecule has 2 aromatic carbocycles. The summed E-state index contributed by atoms with van der Waals surface area (Å²) in [7, 11) is -1.18. The van der Waals surface area contributed by atoms with Crippen LogP contribution in [0.5, 0.6) is 0 Å². The van der Waals surface area contributed by atoms with E-state index < -0.39 is 22.4 Å². The van der Waals surface area contributed by atoms with Gasteiger partial charge in [-0.05, 0) is 81.8 Å². The van der Waals surface area contributed by atoms with E-state index >= 15 is 0 Å². The average molecular weight is 534 g/mol. The maximum Gasteiger partial charge on any atom is 0.341 e. The lowest BCUT2D eigenvalue weighted by molar-refractivity contribution is 0.553. The van der Waals surface area contributed by atoms with Crippen LogP contribution in [0.4, 0.5) is 21.5 Å². The highest BCUT2D eigenvalue weighted by molar-refractivity contribution is 7.87. The molecule has 0 amide bonds.